The predicted octanol–water partition coefficient (Wildman–Crippen LogP) is 3.68. The normalized spacial score (nSPS) is 13.5. The Hall–Kier alpha value is 0.620. The number of rotatable bonds is 2. The predicted molar refractivity (Wildman–Crippen MR) is 56.9 cm³/mol. The Kier molecular flexibility index (Phi) is 3.55. The molecule has 11 heavy (non-hydrogen) atoms. The summed E-state index contributed by atoms with van der Waals surface area (Å²) in [6, 6.07) is 2.23. The van der Waals surface area contributed by atoms with Crippen molar-refractivity contribution in [1.82, 2.24) is 0 Å². The third kappa shape index (κ3) is 2.28. The average Bonchev–Trinajstić information content (AvgIpc) is 2.28. The molecule has 0 aliphatic heterocycles. The molecule has 1 rings (SSSR count). The Morgan fingerprint density at radius 3 is 2.64 bits per heavy atom. The molecule has 1 aromatic rings. The maximum absolute atomic E-state index is 5.86. The van der Waals surface area contributed by atoms with Crippen molar-refractivity contribution in [2.24, 2.45) is 5.73 Å². The highest BCUT2D eigenvalue weighted by molar-refractivity contribution is 9.12. The van der Waals surface area contributed by atoms with Gasteiger partial charge in [0, 0.05) is 6.04 Å². The van der Waals surface area contributed by atoms with Crippen molar-refractivity contribution in [2.75, 3.05) is 0 Å². The lowest BCUT2D eigenvalue weighted by atomic mass is 10.1. The summed E-state index contributed by atoms with van der Waals surface area (Å²) in [6.07, 6.45) is 0.974. The summed E-state index contributed by atoms with van der Waals surface area (Å²) in [5.74, 6) is 0. The molecule has 62 valence electrons. The Bertz CT molecular complexity index is 247. The lowest BCUT2D eigenvalue weighted by molar-refractivity contribution is 0.699. The molecule has 0 aliphatic carbocycles. The van der Waals surface area contributed by atoms with E-state index in [2.05, 4.69) is 44.8 Å². The van der Waals surface area contributed by atoms with E-state index >= 15 is 0 Å². The smallest absolute Gasteiger partial charge is 0.0758 e. The van der Waals surface area contributed by atoms with Crippen molar-refractivity contribution < 1.29 is 0 Å². The minimum Gasteiger partial charge on any atom is -0.324 e. The van der Waals surface area contributed by atoms with Crippen LogP contribution in [0.5, 0.6) is 0 Å². The molecule has 1 heterocycles. The quantitative estimate of drug-likeness (QED) is 0.885. The van der Waals surface area contributed by atoms with E-state index in [9.17, 15) is 0 Å². The number of thiophene rings is 1. The van der Waals surface area contributed by atoms with Crippen LogP contribution in [0, 0.1) is 0 Å². The maximum Gasteiger partial charge on any atom is 0.0758 e. The van der Waals surface area contributed by atoms with Crippen LogP contribution < -0.4 is 5.73 Å². The SMILES string of the molecule is CC[C@H](N)c1cc(Br)sc1Br. The Labute approximate surface area is 87.2 Å². The first kappa shape index (κ1) is 9.71. The average molecular weight is 299 g/mol. The fourth-order valence-corrected chi connectivity index (χ4v) is 3.83. The first-order valence-corrected chi connectivity index (χ1v) is 5.75. The fraction of sp³-hybridized carbons (Fsp3) is 0.429. The molecule has 0 unspecified atom stereocenters. The van der Waals surface area contributed by atoms with E-state index in [0.29, 0.717) is 0 Å². The van der Waals surface area contributed by atoms with Crippen LogP contribution in [0.15, 0.2) is 13.6 Å². The van der Waals surface area contributed by atoms with E-state index in [0.717, 1.165) is 14.0 Å². The zero-order chi connectivity index (χ0) is 8.43. The van der Waals surface area contributed by atoms with Crippen molar-refractivity contribution >= 4 is 43.2 Å². The largest absolute Gasteiger partial charge is 0.324 e. The molecular weight excluding hydrogens is 290 g/mol. The van der Waals surface area contributed by atoms with E-state index in [1.807, 2.05) is 0 Å². The van der Waals surface area contributed by atoms with Crippen molar-refractivity contribution in [3.05, 3.63) is 19.2 Å². The molecule has 0 bridgehead atoms. The standard InChI is InChI=1S/C7H9Br2NS/c1-2-5(10)4-3-6(8)11-7(4)9/h3,5H,2,10H2,1H3/t5-/m0/s1. The number of nitrogens with two attached hydrogens (primary N) is 1. The van der Waals surface area contributed by atoms with Crippen LogP contribution in [-0.2, 0) is 0 Å². The van der Waals surface area contributed by atoms with E-state index < -0.39 is 0 Å². The van der Waals surface area contributed by atoms with Crippen LogP contribution in [-0.4, -0.2) is 0 Å². The van der Waals surface area contributed by atoms with E-state index in [1.54, 1.807) is 11.3 Å². The summed E-state index contributed by atoms with van der Waals surface area (Å²) in [4.78, 5) is 0. The molecule has 0 aliphatic rings. The van der Waals surface area contributed by atoms with E-state index in [-0.39, 0.29) is 6.04 Å². The topological polar surface area (TPSA) is 26.0 Å². The van der Waals surface area contributed by atoms with Crippen LogP contribution in [0.2, 0.25) is 0 Å². The number of hydrogen-bond acceptors (Lipinski definition) is 2. The monoisotopic (exact) mass is 297 g/mol. The summed E-state index contributed by atoms with van der Waals surface area (Å²) < 4.78 is 2.27. The third-order valence-electron chi connectivity index (χ3n) is 1.52. The molecule has 2 N–H and O–H groups in total. The van der Waals surface area contributed by atoms with Crippen LogP contribution >= 0.6 is 43.2 Å². The molecule has 1 aromatic heterocycles. The minimum atomic E-state index is 0.159. The van der Waals surface area contributed by atoms with Gasteiger partial charge >= 0.3 is 0 Å². The Balaban J connectivity index is 2.93. The van der Waals surface area contributed by atoms with Gasteiger partial charge in [-0.1, -0.05) is 6.92 Å². The second-order valence-corrected chi connectivity index (χ2v) is 6.04. The van der Waals surface area contributed by atoms with Gasteiger partial charge in [0.15, 0.2) is 0 Å². The highest BCUT2D eigenvalue weighted by Gasteiger charge is 2.10. The van der Waals surface area contributed by atoms with Gasteiger partial charge in [-0.15, -0.1) is 11.3 Å². The van der Waals surface area contributed by atoms with E-state index in [1.165, 1.54) is 5.56 Å². The molecule has 0 fully saturated rings. The van der Waals surface area contributed by atoms with Crippen LogP contribution in [0.1, 0.15) is 24.9 Å². The molecule has 0 amide bonds. The highest BCUT2D eigenvalue weighted by Crippen LogP contribution is 2.35. The van der Waals surface area contributed by atoms with Gasteiger partial charge in [-0.3, -0.25) is 0 Å². The molecule has 0 radical (unpaired) electrons. The summed E-state index contributed by atoms with van der Waals surface area (Å²) in [5.41, 5.74) is 7.06. The molecule has 1 atom stereocenters. The second-order valence-electron chi connectivity index (χ2n) is 2.29. The first-order chi connectivity index (χ1) is 5.15. The van der Waals surface area contributed by atoms with Crippen molar-refractivity contribution in [2.45, 2.75) is 19.4 Å². The van der Waals surface area contributed by atoms with Crippen LogP contribution in [0.4, 0.5) is 0 Å². The molecule has 0 spiro atoms. The Morgan fingerprint density at radius 2 is 2.27 bits per heavy atom. The summed E-state index contributed by atoms with van der Waals surface area (Å²) >= 11 is 8.55. The zero-order valence-corrected chi connectivity index (χ0v) is 10.1. The number of halogens is 2. The van der Waals surface area contributed by atoms with Gasteiger partial charge in [-0.25, -0.2) is 0 Å². The van der Waals surface area contributed by atoms with Crippen molar-refractivity contribution in [1.29, 1.82) is 0 Å². The molecule has 4 heteroatoms. The summed E-state index contributed by atoms with van der Waals surface area (Å²) in [6.45, 7) is 2.09. The molecule has 1 nitrogen and oxygen atoms in total. The number of hydrogen-bond donors (Lipinski definition) is 1. The van der Waals surface area contributed by atoms with Gasteiger partial charge in [0.25, 0.3) is 0 Å². The van der Waals surface area contributed by atoms with Gasteiger partial charge in [0.05, 0.1) is 7.57 Å². The van der Waals surface area contributed by atoms with Gasteiger partial charge in [0.1, 0.15) is 0 Å². The summed E-state index contributed by atoms with van der Waals surface area (Å²) in [5, 5.41) is 0. The molecule has 0 saturated heterocycles. The zero-order valence-electron chi connectivity index (χ0n) is 6.10. The van der Waals surface area contributed by atoms with Crippen LogP contribution in [0.25, 0.3) is 0 Å². The van der Waals surface area contributed by atoms with Crippen LogP contribution in [0.3, 0.4) is 0 Å². The minimum absolute atomic E-state index is 0.159. The molecule has 0 saturated carbocycles. The third-order valence-corrected chi connectivity index (χ3v) is 3.91. The van der Waals surface area contributed by atoms with Crippen molar-refractivity contribution in [3.8, 4) is 0 Å². The maximum atomic E-state index is 5.86. The van der Waals surface area contributed by atoms with Gasteiger partial charge < -0.3 is 5.73 Å². The van der Waals surface area contributed by atoms with Gasteiger partial charge in [-0.2, -0.15) is 0 Å². The fourth-order valence-electron chi connectivity index (χ4n) is 0.826. The highest BCUT2D eigenvalue weighted by atomic mass is 79.9. The first-order valence-electron chi connectivity index (χ1n) is 3.35. The molecular formula is C7H9Br2NS. The lowest BCUT2D eigenvalue weighted by Crippen LogP contribution is -2.07. The van der Waals surface area contributed by atoms with Crippen molar-refractivity contribution in [3.63, 3.8) is 0 Å². The second kappa shape index (κ2) is 4.03. The van der Waals surface area contributed by atoms with Gasteiger partial charge in [0.2, 0.25) is 0 Å². The van der Waals surface area contributed by atoms with E-state index in [4.69, 9.17) is 5.73 Å². The Morgan fingerprint density at radius 1 is 1.64 bits per heavy atom. The van der Waals surface area contributed by atoms with Gasteiger partial charge in [-0.05, 0) is 49.9 Å². The molecule has 0 aromatic carbocycles. The lowest BCUT2D eigenvalue weighted by Gasteiger charge is -2.05. The summed E-state index contributed by atoms with van der Waals surface area (Å²) in [7, 11) is 0.